The van der Waals surface area contributed by atoms with Crippen molar-refractivity contribution in [3.05, 3.63) is 11.4 Å². The van der Waals surface area contributed by atoms with E-state index in [9.17, 15) is 0 Å². The highest BCUT2D eigenvalue weighted by Crippen LogP contribution is 2.39. The third kappa shape index (κ3) is 4.34. The van der Waals surface area contributed by atoms with Gasteiger partial charge in [0.1, 0.15) is 17.5 Å². The largest absolute Gasteiger partial charge is 0.383 e. The fourth-order valence-corrected chi connectivity index (χ4v) is 1.98. The van der Waals surface area contributed by atoms with Crippen molar-refractivity contribution in [2.24, 2.45) is 0 Å². The maximum absolute atomic E-state index is 5.96. The van der Waals surface area contributed by atoms with Gasteiger partial charge in [0.25, 0.3) is 0 Å². The zero-order valence-corrected chi connectivity index (χ0v) is 12.6. The number of rotatable bonds is 9. The zero-order valence-electron chi connectivity index (χ0n) is 12.6. The molecule has 1 aromatic rings. The molecular weight excluding hydrogens is 252 g/mol. The first-order valence-electron chi connectivity index (χ1n) is 7.68. The number of ether oxygens (including phenoxy) is 1. The number of unbranched alkanes of at least 4 members (excludes halogenated alkanes) is 1. The predicted octanol–water partition coefficient (Wildman–Crippen LogP) is 2.86. The molecule has 20 heavy (non-hydrogen) atoms. The highest BCUT2D eigenvalue weighted by Gasteiger charge is 2.27. The number of nitrogens with two attached hydrogens (primary N) is 1. The molecule has 3 N–H and O–H groups in total. The Balaban J connectivity index is 1.77. The molecule has 112 valence electrons. The van der Waals surface area contributed by atoms with E-state index < -0.39 is 0 Å². The van der Waals surface area contributed by atoms with Gasteiger partial charge in [-0.15, -0.1) is 0 Å². The van der Waals surface area contributed by atoms with Crippen LogP contribution in [0.5, 0.6) is 0 Å². The molecule has 0 unspecified atom stereocenters. The molecule has 1 aliphatic rings. The van der Waals surface area contributed by atoms with Gasteiger partial charge in [-0.2, -0.15) is 0 Å². The summed E-state index contributed by atoms with van der Waals surface area (Å²) in [6.07, 6.45) is 5.67. The Hall–Kier alpha value is -1.36. The maximum Gasteiger partial charge on any atom is 0.136 e. The van der Waals surface area contributed by atoms with Crippen LogP contribution in [-0.2, 0) is 4.74 Å². The molecule has 0 spiro atoms. The Labute approximate surface area is 121 Å². The molecule has 1 saturated carbocycles. The van der Waals surface area contributed by atoms with Gasteiger partial charge in [-0.05, 0) is 32.6 Å². The fourth-order valence-electron chi connectivity index (χ4n) is 1.98. The van der Waals surface area contributed by atoms with Crippen LogP contribution in [0.1, 0.15) is 56.3 Å². The van der Waals surface area contributed by atoms with Gasteiger partial charge in [-0.3, -0.25) is 0 Å². The third-order valence-corrected chi connectivity index (χ3v) is 3.54. The van der Waals surface area contributed by atoms with E-state index >= 15 is 0 Å². The van der Waals surface area contributed by atoms with Crippen molar-refractivity contribution in [2.75, 3.05) is 30.8 Å². The van der Waals surface area contributed by atoms with Crippen LogP contribution in [0.4, 0.5) is 11.6 Å². The monoisotopic (exact) mass is 278 g/mol. The summed E-state index contributed by atoms with van der Waals surface area (Å²) in [5.74, 6) is 2.90. The quantitative estimate of drug-likeness (QED) is 0.679. The summed E-state index contributed by atoms with van der Waals surface area (Å²) in [4.78, 5) is 8.97. The van der Waals surface area contributed by atoms with E-state index in [1.54, 1.807) is 0 Å². The third-order valence-electron chi connectivity index (χ3n) is 3.54. The van der Waals surface area contributed by atoms with Crippen LogP contribution < -0.4 is 11.1 Å². The van der Waals surface area contributed by atoms with Gasteiger partial charge in [-0.25, -0.2) is 9.97 Å². The highest BCUT2D eigenvalue weighted by atomic mass is 16.5. The smallest absolute Gasteiger partial charge is 0.136 e. The average Bonchev–Trinajstić information content (AvgIpc) is 3.26. The van der Waals surface area contributed by atoms with Gasteiger partial charge in [0.2, 0.25) is 0 Å². The van der Waals surface area contributed by atoms with E-state index in [0.717, 1.165) is 49.8 Å². The molecule has 0 saturated heterocycles. The van der Waals surface area contributed by atoms with Crippen molar-refractivity contribution in [3.8, 4) is 0 Å². The van der Waals surface area contributed by atoms with Crippen LogP contribution >= 0.6 is 0 Å². The molecule has 1 aromatic heterocycles. The molecule has 5 heteroatoms. The van der Waals surface area contributed by atoms with Gasteiger partial charge < -0.3 is 15.8 Å². The van der Waals surface area contributed by atoms with Crippen molar-refractivity contribution in [1.29, 1.82) is 0 Å². The lowest BCUT2D eigenvalue weighted by Crippen LogP contribution is -2.12. The van der Waals surface area contributed by atoms with Gasteiger partial charge in [0.15, 0.2) is 0 Å². The normalized spacial score (nSPS) is 14.5. The number of nitrogens with zero attached hydrogens (tertiary/aromatic N) is 2. The van der Waals surface area contributed by atoms with Crippen LogP contribution in [0, 0.1) is 6.92 Å². The van der Waals surface area contributed by atoms with E-state index in [4.69, 9.17) is 10.5 Å². The lowest BCUT2D eigenvalue weighted by molar-refractivity contribution is 0.131. The minimum Gasteiger partial charge on any atom is -0.383 e. The average molecular weight is 278 g/mol. The summed E-state index contributed by atoms with van der Waals surface area (Å²) in [6.45, 7) is 6.65. The second kappa shape index (κ2) is 7.43. The second-order valence-corrected chi connectivity index (χ2v) is 5.46. The summed E-state index contributed by atoms with van der Waals surface area (Å²) in [5, 5.41) is 3.36. The number of nitrogens with one attached hydrogen (secondary N) is 1. The first-order chi connectivity index (χ1) is 9.72. The molecule has 5 nitrogen and oxygen atoms in total. The Bertz CT molecular complexity index is 432. The maximum atomic E-state index is 5.96. The van der Waals surface area contributed by atoms with Crippen molar-refractivity contribution >= 4 is 11.6 Å². The van der Waals surface area contributed by atoms with Gasteiger partial charge in [0.05, 0.1) is 0 Å². The van der Waals surface area contributed by atoms with E-state index in [0.29, 0.717) is 11.7 Å². The first kappa shape index (κ1) is 15.0. The summed E-state index contributed by atoms with van der Waals surface area (Å²) in [5.41, 5.74) is 6.90. The van der Waals surface area contributed by atoms with Gasteiger partial charge >= 0.3 is 0 Å². The highest BCUT2D eigenvalue weighted by molar-refractivity contribution is 5.55. The number of nitrogen functional groups attached to an aromatic ring is 1. The predicted molar refractivity (Wildman–Crippen MR) is 82.0 cm³/mol. The molecule has 0 aromatic carbocycles. The van der Waals surface area contributed by atoms with E-state index in [-0.39, 0.29) is 0 Å². The molecule has 1 fully saturated rings. The molecule has 1 aliphatic carbocycles. The molecule has 2 rings (SSSR count). The number of hydrogen-bond donors (Lipinski definition) is 2. The number of anilines is 2. The summed E-state index contributed by atoms with van der Waals surface area (Å²) >= 11 is 0. The van der Waals surface area contributed by atoms with Crippen LogP contribution in [-0.4, -0.2) is 29.7 Å². The summed E-state index contributed by atoms with van der Waals surface area (Å²) in [6, 6.07) is 0. The minimum absolute atomic E-state index is 0.524. The molecule has 0 aliphatic heterocycles. The fraction of sp³-hybridized carbons (Fsp3) is 0.733. The molecule has 0 atom stereocenters. The molecule has 1 heterocycles. The summed E-state index contributed by atoms with van der Waals surface area (Å²) in [7, 11) is 0. The zero-order chi connectivity index (χ0) is 14.4. The summed E-state index contributed by atoms with van der Waals surface area (Å²) < 4.78 is 5.54. The topological polar surface area (TPSA) is 73.1 Å². The van der Waals surface area contributed by atoms with Crippen LogP contribution in [0.2, 0.25) is 0 Å². The molecule has 0 bridgehead atoms. The van der Waals surface area contributed by atoms with E-state index in [1.807, 2.05) is 6.92 Å². The van der Waals surface area contributed by atoms with Crippen LogP contribution in [0.15, 0.2) is 0 Å². The van der Waals surface area contributed by atoms with Crippen molar-refractivity contribution in [2.45, 2.75) is 51.9 Å². The SMILES string of the molecule is CCCCOCCCNc1nc(C2CC2)nc(N)c1C. The first-order valence-corrected chi connectivity index (χ1v) is 7.68. The van der Waals surface area contributed by atoms with Crippen molar-refractivity contribution < 1.29 is 4.74 Å². The lowest BCUT2D eigenvalue weighted by atomic mass is 10.2. The Kier molecular flexibility index (Phi) is 5.59. The number of hydrogen-bond acceptors (Lipinski definition) is 5. The number of aromatic nitrogens is 2. The lowest BCUT2D eigenvalue weighted by Gasteiger charge is -2.12. The molecule has 0 amide bonds. The second-order valence-electron chi connectivity index (χ2n) is 5.46. The van der Waals surface area contributed by atoms with E-state index in [1.165, 1.54) is 19.3 Å². The van der Waals surface area contributed by atoms with Gasteiger partial charge in [-0.1, -0.05) is 13.3 Å². The van der Waals surface area contributed by atoms with Crippen LogP contribution in [0.3, 0.4) is 0 Å². The molecule has 0 radical (unpaired) electrons. The standard InChI is InChI=1S/C15H26N4O/c1-3-4-9-20-10-5-8-17-14-11(2)13(16)18-15(19-14)12-6-7-12/h12H,3-10H2,1-2H3,(H3,16,17,18,19). The van der Waals surface area contributed by atoms with Crippen molar-refractivity contribution in [1.82, 2.24) is 9.97 Å². The Morgan fingerprint density at radius 1 is 1.25 bits per heavy atom. The Morgan fingerprint density at radius 3 is 2.70 bits per heavy atom. The molecular formula is C15H26N4O. The van der Waals surface area contributed by atoms with Crippen LogP contribution in [0.25, 0.3) is 0 Å². The van der Waals surface area contributed by atoms with Gasteiger partial charge in [0, 0.05) is 31.2 Å². The Morgan fingerprint density at radius 2 is 2.00 bits per heavy atom. The van der Waals surface area contributed by atoms with E-state index in [2.05, 4.69) is 22.2 Å². The minimum atomic E-state index is 0.524. The van der Waals surface area contributed by atoms with Crippen molar-refractivity contribution in [3.63, 3.8) is 0 Å².